The van der Waals surface area contributed by atoms with Gasteiger partial charge in [0.05, 0.1) is 0 Å². The number of nitrogens with zero attached hydrogens (tertiary/aromatic N) is 2. The highest BCUT2D eigenvalue weighted by molar-refractivity contribution is 5.62. The van der Waals surface area contributed by atoms with Gasteiger partial charge < -0.3 is 10.7 Å². The number of hydrazine groups is 1. The minimum absolute atomic E-state index is 0.293. The molecule has 0 aliphatic rings. The molecule has 0 amide bonds. The van der Waals surface area contributed by atoms with Crippen LogP contribution in [-0.4, -0.2) is 9.97 Å². The Morgan fingerprint density at radius 1 is 1.20 bits per heavy atom. The summed E-state index contributed by atoms with van der Waals surface area (Å²) in [4.78, 5) is 8.66. The van der Waals surface area contributed by atoms with E-state index < -0.39 is 0 Å². The highest BCUT2D eigenvalue weighted by Gasteiger charge is 2.06. The molecule has 6 heteroatoms. The van der Waals surface area contributed by atoms with E-state index in [4.69, 9.17) is 5.84 Å². The molecular formula is C14H18FN5. The van der Waals surface area contributed by atoms with Crippen LogP contribution in [0.5, 0.6) is 0 Å². The van der Waals surface area contributed by atoms with Gasteiger partial charge in [-0.1, -0.05) is 13.0 Å². The van der Waals surface area contributed by atoms with Crippen molar-refractivity contribution >= 4 is 17.3 Å². The van der Waals surface area contributed by atoms with Crippen LogP contribution in [0.2, 0.25) is 0 Å². The second kappa shape index (κ2) is 6.29. The van der Waals surface area contributed by atoms with Gasteiger partial charge in [-0.05, 0) is 31.0 Å². The van der Waals surface area contributed by atoms with Crippen molar-refractivity contribution in [2.24, 2.45) is 5.84 Å². The van der Waals surface area contributed by atoms with E-state index >= 15 is 0 Å². The molecule has 0 bridgehead atoms. The lowest BCUT2D eigenvalue weighted by atomic mass is 10.2. The van der Waals surface area contributed by atoms with Gasteiger partial charge in [-0.25, -0.2) is 20.2 Å². The lowest BCUT2D eigenvalue weighted by Crippen LogP contribution is -2.11. The van der Waals surface area contributed by atoms with E-state index in [1.54, 1.807) is 12.1 Å². The molecule has 0 saturated heterocycles. The fourth-order valence-corrected chi connectivity index (χ4v) is 1.84. The van der Waals surface area contributed by atoms with Crippen molar-refractivity contribution in [3.63, 3.8) is 0 Å². The first-order chi connectivity index (χ1) is 9.62. The van der Waals surface area contributed by atoms with Gasteiger partial charge in [-0.2, -0.15) is 0 Å². The fraction of sp³-hybridized carbons (Fsp3) is 0.286. The summed E-state index contributed by atoms with van der Waals surface area (Å²) in [7, 11) is 0. The van der Waals surface area contributed by atoms with Gasteiger partial charge in [0, 0.05) is 18.2 Å². The minimum Gasteiger partial charge on any atom is -0.340 e. The lowest BCUT2D eigenvalue weighted by Gasteiger charge is -2.11. The topological polar surface area (TPSA) is 75.9 Å². The number of nitrogens with two attached hydrogens (primary N) is 1. The molecule has 0 fully saturated rings. The summed E-state index contributed by atoms with van der Waals surface area (Å²) in [6.07, 6.45) is 1.69. The van der Waals surface area contributed by atoms with Gasteiger partial charge in [-0.3, -0.25) is 0 Å². The van der Waals surface area contributed by atoms with Crippen LogP contribution in [0.15, 0.2) is 24.3 Å². The summed E-state index contributed by atoms with van der Waals surface area (Å²) in [5.74, 6) is 6.92. The first kappa shape index (κ1) is 14.2. The summed E-state index contributed by atoms with van der Waals surface area (Å²) in [5, 5.41) is 3.10. The largest absolute Gasteiger partial charge is 0.340 e. The third-order valence-corrected chi connectivity index (χ3v) is 2.86. The van der Waals surface area contributed by atoms with Crippen molar-refractivity contribution in [2.75, 3.05) is 10.7 Å². The summed E-state index contributed by atoms with van der Waals surface area (Å²) >= 11 is 0. The van der Waals surface area contributed by atoms with Crippen molar-refractivity contribution in [3.05, 3.63) is 41.5 Å². The molecule has 0 saturated carbocycles. The molecular weight excluding hydrogens is 257 g/mol. The van der Waals surface area contributed by atoms with E-state index in [1.807, 2.05) is 6.92 Å². The molecule has 1 aromatic carbocycles. The average Bonchev–Trinajstić information content (AvgIpc) is 2.43. The first-order valence-corrected chi connectivity index (χ1v) is 6.50. The molecule has 0 unspecified atom stereocenters. The van der Waals surface area contributed by atoms with Crippen LogP contribution in [-0.2, 0) is 6.42 Å². The van der Waals surface area contributed by atoms with E-state index in [-0.39, 0.29) is 5.82 Å². The van der Waals surface area contributed by atoms with Crippen LogP contribution < -0.4 is 16.6 Å². The Balaban J connectivity index is 2.32. The number of aryl methyl sites for hydroxylation is 2. The summed E-state index contributed by atoms with van der Waals surface area (Å²) in [6, 6.07) is 6.26. The zero-order valence-corrected chi connectivity index (χ0v) is 11.6. The molecule has 0 radical (unpaired) electrons. The second-order valence-electron chi connectivity index (χ2n) is 4.53. The molecule has 4 N–H and O–H groups in total. The van der Waals surface area contributed by atoms with Gasteiger partial charge >= 0.3 is 0 Å². The number of aromatic nitrogens is 2. The smallest absolute Gasteiger partial charge is 0.145 e. The second-order valence-corrected chi connectivity index (χ2v) is 4.53. The van der Waals surface area contributed by atoms with Crippen LogP contribution in [0.4, 0.5) is 21.7 Å². The SMILES string of the molecule is CCCc1nc(NN)cc(Nc2cc(F)ccc2C)n1. The number of rotatable bonds is 5. The zero-order valence-electron chi connectivity index (χ0n) is 11.6. The maximum absolute atomic E-state index is 13.3. The number of benzene rings is 1. The predicted octanol–water partition coefficient (Wildman–Crippen LogP) is 2.91. The highest BCUT2D eigenvalue weighted by Crippen LogP contribution is 2.21. The Hall–Kier alpha value is -2.21. The number of hydrogen-bond donors (Lipinski definition) is 3. The monoisotopic (exact) mass is 275 g/mol. The van der Waals surface area contributed by atoms with Crippen LogP contribution in [0.25, 0.3) is 0 Å². The van der Waals surface area contributed by atoms with Crippen LogP contribution in [0.3, 0.4) is 0 Å². The molecule has 2 aromatic rings. The molecule has 0 aliphatic heterocycles. The molecule has 1 heterocycles. The Kier molecular flexibility index (Phi) is 4.47. The quantitative estimate of drug-likeness (QED) is 0.578. The number of halogens is 1. The Morgan fingerprint density at radius 3 is 2.65 bits per heavy atom. The maximum Gasteiger partial charge on any atom is 0.145 e. The van der Waals surface area contributed by atoms with Crippen molar-refractivity contribution in [1.82, 2.24) is 9.97 Å². The first-order valence-electron chi connectivity index (χ1n) is 6.50. The van der Waals surface area contributed by atoms with Crippen molar-refractivity contribution < 1.29 is 4.39 Å². The molecule has 0 atom stereocenters. The molecule has 0 spiro atoms. The lowest BCUT2D eigenvalue weighted by molar-refractivity contribution is 0.628. The summed E-state index contributed by atoms with van der Waals surface area (Å²) in [6.45, 7) is 3.95. The highest BCUT2D eigenvalue weighted by atomic mass is 19.1. The van der Waals surface area contributed by atoms with Crippen molar-refractivity contribution in [3.8, 4) is 0 Å². The zero-order chi connectivity index (χ0) is 14.5. The third-order valence-electron chi connectivity index (χ3n) is 2.86. The van der Waals surface area contributed by atoms with E-state index in [0.717, 1.165) is 18.4 Å². The molecule has 20 heavy (non-hydrogen) atoms. The molecule has 0 aliphatic carbocycles. The van der Waals surface area contributed by atoms with Crippen LogP contribution in [0.1, 0.15) is 24.7 Å². The molecule has 5 nitrogen and oxygen atoms in total. The summed E-state index contributed by atoms with van der Waals surface area (Å²) < 4.78 is 13.3. The van der Waals surface area contributed by atoms with E-state index in [0.29, 0.717) is 23.1 Å². The standard InChI is InChI=1S/C14H18FN5/c1-3-4-12-18-13(8-14(19-12)20-16)17-11-7-10(15)6-5-9(11)2/h5-8H,3-4,16H2,1-2H3,(H2,17,18,19,20). The van der Waals surface area contributed by atoms with Gasteiger partial charge in [0.15, 0.2) is 0 Å². The third kappa shape index (κ3) is 3.42. The number of nitrogens with one attached hydrogen (secondary N) is 2. The van der Waals surface area contributed by atoms with E-state index in [2.05, 4.69) is 27.6 Å². The number of anilines is 3. The van der Waals surface area contributed by atoms with Crippen molar-refractivity contribution in [1.29, 1.82) is 0 Å². The van der Waals surface area contributed by atoms with Crippen LogP contribution in [0, 0.1) is 12.7 Å². The Bertz CT molecular complexity index is 600. The minimum atomic E-state index is -0.293. The fourth-order valence-electron chi connectivity index (χ4n) is 1.84. The number of hydrogen-bond acceptors (Lipinski definition) is 5. The van der Waals surface area contributed by atoms with Gasteiger partial charge in [0.25, 0.3) is 0 Å². The van der Waals surface area contributed by atoms with Crippen LogP contribution >= 0.6 is 0 Å². The van der Waals surface area contributed by atoms with Gasteiger partial charge in [0.1, 0.15) is 23.3 Å². The average molecular weight is 275 g/mol. The molecule has 2 rings (SSSR count). The number of nitrogen functional groups attached to an aromatic ring is 1. The van der Waals surface area contributed by atoms with E-state index in [1.165, 1.54) is 12.1 Å². The van der Waals surface area contributed by atoms with Gasteiger partial charge in [0.2, 0.25) is 0 Å². The summed E-state index contributed by atoms with van der Waals surface area (Å²) in [5.41, 5.74) is 4.12. The Labute approximate surface area is 117 Å². The molecule has 106 valence electrons. The maximum atomic E-state index is 13.3. The molecule has 1 aromatic heterocycles. The normalized spacial score (nSPS) is 10.4. The van der Waals surface area contributed by atoms with Crippen molar-refractivity contribution in [2.45, 2.75) is 26.7 Å². The van der Waals surface area contributed by atoms with E-state index in [9.17, 15) is 4.39 Å². The predicted molar refractivity (Wildman–Crippen MR) is 78.3 cm³/mol. The van der Waals surface area contributed by atoms with Gasteiger partial charge in [-0.15, -0.1) is 0 Å². The Morgan fingerprint density at radius 2 is 1.95 bits per heavy atom.